The van der Waals surface area contributed by atoms with Gasteiger partial charge in [0.2, 0.25) is 11.0 Å². The van der Waals surface area contributed by atoms with Gasteiger partial charge in [-0.2, -0.15) is 0 Å². The molecule has 0 aliphatic carbocycles. The van der Waals surface area contributed by atoms with Crippen molar-refractivity contribution in [2.75, 3.05) is 16.4 Å². The monoisotopic (exact) mass is 625 g/mol. The summed E-state index contributed by atoms with van der Waals surface area (Å²) in [5.74, 6) is 0.593. The van der Waals surface area contributed by atoms with E-state index < -0.39 is 0 Å². The van der Waals surface area contributed by atoms with Gasteiger partial charge >= 0.3 is 0 Å². The molecule has 0 saturated carbocycles. The Bertz CT molecular complexity index is 1660. The molecule has 0 bridgehead atoms. The van der Waals surface area contributed by atoms with Crippen molar-refractivity contribution in [2.24, 2.45) is 7.05 Å². The average molecular weight is 626 g/mol. The van der Waals surface area contributed by atoms with Crippen LogP contribution in [0, 0.1) is 5.82 Å². The Hall–Kier alpha value is -3.78. The third-order valence-electron chi connectivity index (χ3n) is 5.60. The number of thioether (sulfide) groups is 2. The lowest BCUT2D eigenvalue weighted by molar-refractivity contribution is -0.113. The van der Waals surface area contributed by atoms with Gasteiger partial charge in [0.15, 0.2) is 15.3 Å². The van der Waals surface area contributed by atoms with Crippen LogP contribution in [0.4, 0.5) is 15.2 Å². The normalized spacial score (nSPS) is 10.9. The molecular formula is C27H21ClFN7O2S3. The summed E-state index contributed by atoms with van der Waals surface area (Å²) >= 11 is 9.87. The first-order chi connectivity index (χ1) is 19.8. The van der Waals surface area contributed by atoms with Crippen molar-refractivity contribution < 1.29 is 14.0 Å². The molecule has 5 aromatic rings. The first-order valence-electron chi connectivity index (χ1n) is 12.0. The van der Waals surface area contributed by atoms with Crippen molar-refractivity contribution in [3.8, 4) is 11.4 Å². The van der Waals surface area contributed by atoms with Crippen molar-refractivity contribution in [1.29, 1.82) is 0 Å². The largest absolute Gasteiger partial charge is 0.322 e. The molecule has 0 radical (unpaired) electrons. The molecule has 0 atom stereocenters. The van der Waals surface area contributed by atoms with Crippen LogP contribution >= 0.6 is 46.5 Å². The third-order valence-corrected chi connectivity index (χ3v) is 8.92. The minimum atomic E-state index is -0.276. The summed E-state index contributed by atoms with van der Waals surface area (Å²) in [5, 5.41) is 23.7. The van der Waals surface area contributed by atoms with Crippen molar-refractivity contribution >= 4 is 69.1 Å². The summed E-state index contributed by atoms with van der Waals surface area (Å²) in [6, 6.07) is 20.2. The van der Waals surface area contributed by atoms with E-state index in [0.29, 0.717) is 42.5 Å². The lowest BCUT2D eigenvalue weighted by atomic mass is 10.1. The second-order valence-corrected chi connectivity index (χ2v) is 12.1. The summed E-state index contributed by atoms with van der Waals surface area (Å²) in [6.07, 6.45) is 0. The number of anilines is 2. The number of rotatable bonds is 10. The predicted octanol–water partition coefficient (Wildman–Crippen LogP) is 6.40. The number of hydrogen-bond acceptors (Lipinski definition) is 9. The fourth-order valence-electron chi connectivity index (χ4n) is 3.53. The van der Waals surface area contributed by atoms with E-state index in [1.165, 1.54) is 47.0 Å². The summed E-state index contributed by atoms with van der Waals surface area (Å²) in [4.78, 5) is 24.9. The van der Waals surface area contributed by atoms with Gasteiger partial charge in [-0.15, -0.1) is 20.4 Å². The molecule has 5 rings (SSSR count). The molecule has 2 aromatic heterocycles. The van der Waals surface area contributed by atoms with E-state index in [4.69, 9.17) is 11.6 Å². The van der Waals surface area contributed by atoms with Gasteiger partial charge in [-0.05, 0) is 66.2 Å². The molecule has 208 valence electrons. The molecule has 2 amide bonds. The fourth-order valence-corrected chi connectivity index (χ4v) is 6.09. The predicted molar refractivity (Wildman–Crippen MR) is 161 cm³/mol. The van der Waals surface area contributed by atoms with E-state index in [9.17, 15) is 14.0 Å². The third kappa shape index (κ3) is 7.70. The van der Waals surface area contributed by atoms with Crippen molar-refractivity contribution in [2.45, 2.75) is 15.2 Å². The van der Waals surface area contributed by atoms with Crippen LogP contribution < -0.4 is 10.6 Å². The Morgan fingerprint density at radius 2 is 1.63 bits per heavy atom. The molecule has 14 heteroatoms. The van der Waals surface area contributed by atoms with Gasteiger partial charge in [0.05, 0.1) is 5.75 Å². The molecule has 2 heterocycles. The zero-order valence-corrected chi connectivity index (χ0v) is 24.6. The minimum absolute atomic E-state index is 0.110. The number of nitrogens with one attached hydrogen (secondary N) is 2. The van der Waals surface area contributed by atoms with Crippen LogP contribution in [-0.4, -0.2) is 42.5 Å². The lowest BCUT2D eigenvalue weighted by Gasteiger charge is -2.07. The second-order valence-electron chi connectivity index (χ2n) is 8.53. The van der Waals surface area contributed by atoms with Crippen LogP contribution in [0.3, 0.4) is 0 Å². The molecule has 0 spiro atoms. The zero-order valence-electron chi connectivity index (χ0n) is 21.4. The maximum Gasteiger partial charge on any atom is 0.255 e. The molecule has 0 unspecified atom stereocenters. The number of nitrogens with zero attached hydrogens (tertiary/aromatic N) is 5. The van der Waals surface area contributed by atoms with Crippen LogP contribution in [0.5, 0.6) is 0 Å². The minimum Gasteiger partial charge on any atom is -0.322 e. The smallest absolute Gasteiger partial charge is 0.255 e. The second kappa shape index (κ2) is 13.3. The Morgan fingerprint density at radius 3 is 2.37 bits per heavy atom. The summed E-state index contributed by atoms with van der Waals surface area (Å²) in [5.41, 5.74) is 2.91. The number of amides is 2. The number of carbonyl (C=O) groups is 2. The van der Waals surface area contributed by atoms with Gasteiger partial charge in [-0.1, -0.05) is 58.6 Å². The molecule has 0 aliphatic rings. The number of halogens is 2. The van der Waals surface area contributed by atoms with Crippen molar-refractivity contribution in [3.05, 3.63) is 94.8 Å². The number of hydrogen-bond donors (Lipinski definition) is 2. The molecule has 0 saturated heterocycles. The van der Waals surface area contributed by atoms with Crippen LogP contribution in [-0.2, 0) is 17.6 Å². The highest BCUT2D eigenvalue weighted by Crippen LogP contribution is 2.29. The van der Waals surface area contributed by atoms with Crippen LogP contribution in [0.25, 0.3) is 11.4 Å². The van der Waals surface area contributed by atoms with Crippen LogP contribution in [0.1, 0.15) is 15.9 Å². The molecule has 0 fully saturated rings. The molecule has 41 heavy (non-hydrogen) atoms. The van der Waals surface area contributed by atoms with E-state index in [0.717, 1.165) is 11.1 Å². The van der Waals surface area contributed by atoms with E-state index in [-0.39, 0.29) is 23.4 Å². The van der Waals surface area contributed by atoms with Crippen molar-refractivity contribution in [1.82, 2.24) is 25.0 Å². The first kappa shape index (κ1) is 28.7. The first-order valence-corrected chi connectivity index (χ1v) is 15.2. The zero-order chi connectivity index (χ0) is 28.8. The van der Waals surface area contributed by atoms with E-state index >= 15 is 0 Å². The standard InChI is InChI=1S/C27H21ClFN7O2S3/c1-36-23(17-6-12-21(13-7-17)30-24(38)18-4-8-19(28)9-5-18)32-34-26(36)39-15-22(37)31-25-33-35-27(41-25)40-14-16-2-10-20(29)11-3-16/h2-13H,14-15H2,1H3,(H,30,38)(H,31,33,37). The Morgan fingerprint density at radius 1 is 0.902 bits per heavy atom. The van der Waals surface area contributed by atoms with Crippen molar-refractivity contribution in [3.63, 3.8) is 0 Å². The van der Waals surface area contributed by atoms with Gasteiger partial charge in [0, 0.05) is 34.6 Å². The SMILES string of the molecule is Cn1c(SCC(=O)Nc2nnc(SCc3ccc(F)cc3)s2)nnc1-c1ccc(NC(=O)c2ccc(Cl)cc2)cc1. The Balaban J connectivity index is 1.11. The summed E-state index contributed by atoms with van der Waals surface area (Å²) in [6.45, 7) is 0. The van der Waals surface area contributed by atoms with Gasteiger partial charge in [-0.3, -0.25) is 14.9 Å². The highest BCUT2D eigenvalue weighted by molar-refractivity contribution is 8.00. The average Bonchev–Trinajstić information content (AvgIpc) is 3.58. The quantitative estimate of drug-likeness (QED) is 0.135. The van der Waals surface area contributed by atoms with Gasteiger partial charge in [0.1, 0.15) is 5.82 Å². The number of carbonyl (C=O) groups excluding carboxylic acids is 2. The molecular weight excluding hydrogens is 605 g/mol. The van der Waals surface area contributed by atoms with Crippen LogP contribution in [0.2, 0.25) is 5.02 Å². The number of benzene rings is 3. The number of aromatic nitrogens is 5. The Labute approximate surface area is 251 Å². The molecule has 9 nitrogen and oxygen atoms in total. The highest BCUT2D eigenvalue weighted by atomic mass is 35.5. The van der Waals surface area contributed by atoms with E-state index in [2.05, 4.69) is 31.0 Å². The van der Waals surface area contributed by atoms with Gasteiger partial charge < -0.3 is 9.88 Å². The van der Waals surface area contributed by atoms with E-state index in [1.54, 1.807) is 53.1 Å². The Kier molecular flexibility index (Phi) is 9.29. The molecule has 0 aliphatic heterocycles. The maximum absolute atomic E-state index is 13.1. The summed E-state index contributed by atoms with van der Waals surface area (Å²) < 4.78 is 15.6. The maximum atomic E-state index is 13.1. The summed E-state index contributed by atoms with van der Waals surface area (Å²) in [7, 11) is 1.82. The highest BCUT2D eigenvalue weighted by Gasteiger charge is 2.15. The van der Waals surface area contributed by atoms with Crippen LogP contribution in [0.15, 0.2) is 82.3 Å². The topological polar surface area (TPSA) is 115 Å². The fraction of sp³-hybridized carbons (Fsp3) is 0.111. The van der Waals surface area contributed by atoms with Gasteiger partial charge in [-0.25, -0.2) is 4.39 Å². The lowest BCUT2D eigenvalue weighted by Crippen LogP contribution is -2.14. The molecule has 3 aromatic carbocycles. The van der Waals surface area contributed by atoms with E-state index in [1.807, 2.05) is 19.2 Å². The van der Waals surface area contributed by atoms with Gasteiger partial charge in [0.25, 0.3) is 5.91 Å². The molecule has 2 N–H and O–H groups in total.